The van der Waals surface area contributed by atoms with Gasteiger partial charge in [0.25, 0.3) is 12.9 Å². The van der Waals surface area contributed by atoms with Crippen molar-refractivity contribution in [2.24, 2.45) is 0 Å². The van der Waals surface area contributed by atoms with E-state index in [-0.39, 0.29) is 0 Å². The zero-order valence-electron chi connectivity index (χ0n) is 13.2. The monoisotopic (exact) mass is 338 g/mol. The first-order valence-corrected chi connectivity index (χ1v) is 7.52. The Kier molecular flexibility index (Phi) is 8.01. The molecule has 0 saturated heterocycles. The summed E-state index contributed by atoms with van der Waals surface area (Å²) < 4.78 is 51.3. The lowest BCUT2D eigenvalue weighted by molar-refractivity contribution is -0.121. The highest BCUT2D eigenvalue weighted by Crippen LogP contribution is 2.24. The summed E-state index contributed by atoms with van der Waals surface area (Å²) in [6, 6.07) is 0.628. The molecule has 0 aromatic carbocycles. The molecule has 5 nitrogen and oxygen atoms in total. The first-order valence-electron chi connectivity index (χ1n) is 7.52. The Hall–Kier alpha value is -1.64. The van der Waals surface area contributed by atoms with Gasteiger partial charge in [0.05, 0.1) is 0 Å². The van der Waals surface area contributed by atoms with E-state index >= 15 is 0 Å². The van der Waals surface area contributed by atoms with Crippen molar-refractivity contribution < 1.29 is 22.4 Å². The topological polar surface area (TPSA) is 50.2 Å². The van der Waals surface area contributed by atoms with Gasteiger partial charge in [-0.05, 0) is 32.1 Å². The Bertz CT molecular complexity index is 489. The van der Waals surface area contributed by atoms with E-state index in [1.807, 2.05) is 13.8 Å². The second-order valence-electron chi connectivity index (χ2n) is 4.98. The van der Waals surface area contributed by atoms with E-state index in [1.165, 1.54) is 0 Å². The van der Waals surface area contributed by atoms with Crippen LogP contribution >= 0.6 is 0 Å². The van der Waals surface area contributed by atoms with Gasteiger partial charge in [-0.25, -0.2) is 17.6 Å². The average Bonchev–Trinajstić information content (AvgIpc) is 2.91. The minimum absolute atomic E-state index is 0.391. The first-order chi connectivity index (χ1) is 10.9. The number of aromatic nitrogens is 2. The number of carbonyl (C=O) groups is 1. The third-order valence-corrected chi connectivity index (χ3v) is 3.44. The van der Waals surface area contributed by atoms with Gasteiger partial charge in [-0.2, -0.15) is 5.10 Å². The van der Waals surface area contributed by atoms with Crippen molar-refractivity contribution in [2.75, 3.05) is 26.2 Å². The number of carbonyl (C=O) groups excluding carboxylic acids is 1. The summed E-state index contributed by atoms with van der Waals surface area (Å²) in [4.78, 5) is 13.9. The van der Waals surface area contributed by atoms with Crippen molar-refractivity contribution in [1.29, 1.82) is 0 Å². The summed E-state index contributed by atoms with van der Waals surface area (Å²) in [7, 11) is 0. The Morgan fingerprint density at radius 2 is 1.91 bits per heavy atom. The summed E-state index contributed by atoms with van der Waals surface area (Å²) in [6.45, 7) is 6.59. The minimum atomic E-state index is -2.97. The SMILES string of the molecule is CCN(CC)CCCNC(=O)Cn1nc(C(F)F)cc1C(F)F. The summed E-state index contributed by atoms with van der Waals surface area (Å²) in [6.07, 6.45) is -5.20. The van der Waals surface area contributed by atoms with Gasteiger partial charge in [0.2, 0.25) is 5.91 Å². The molecule has 1 rings (SSSR count). The Morgan fingerprint density at radius 1 is 1.26 bits per heavy atom. The van der Waals surface area contributed by atoms with Crippen molar-refractivity contribution >= 4 is 5.91 Å². The number of halogens is 4. The van der Waals surface area contributed by atoms with Crippen LogP contribution in [-0.4, -0.2) is 46.8 Å². The van der Waals surface area contributed by atoms with E-state index in [4.69, 9.17) is 0 Å². The highest BCUT2D eigenvalue weighted by Gasteiger charge is 2.22. The van der Waals surface area contributed by atoms with Crippen molar-refractivity contribution in [1.82, 2.24) is 20.0 Å². The van der Waals surface area contributed by atoms with Gasteiger partial charge in [-0.3, -0.25) is 9.48 Å². The molecule has 1 amide bonds. The van der Waals surface area contributed by atoms with Gasteiger partial charge in [0.15, 0.2) is 0 Å². The van der Waals surface area contributed by atoms with Crippen LogP contribution in [0.25, 0.3) is 0 Å². The molecular formula is C14H22F4N4O. The molecule has 23 heavy (non-hydrogen) atoms. The van der Waals surface area contributed by atoms with Crippen LogP contribution in [0.1, 0.15) is 44.5 Å². The summed E-state index contributed by atoms with van der Waals surface area (Å²) in [5, 5.41) is 5.95. The summed E-state index contributed by atoms with van der Waals surface area (Å²) in [5.41, 5.74) is -1.44. The van der Waals surface area contributed by atoms with E-state index < -0.39 is 36.7 Å². The van der Waals surface area contributed by atoms with E-state index in [1.54, 1.807) is 0 Å². The number of nitrogens with one attached hydrogen (secondary N) is 1. The van der Waals surface area contributed by atoms with Crippen molar-refractivity contribution in [3.8, 4) is 0 Å². The van der Waals surface area contributed by atoms with E-state index in [0.29, 0.717) is 17.3 Å². The molecule has 9 heteroatoms. The fourth-order valence-electron chi connectivity index (χ4n) is 2.12. The number of rotatable bonds is 10. The minimum Gasteiger partial charge on any atom is -0.354 e. The van der Waals surface area contributed by atoms with Gasteiger partial charge >= 0.3 is 0 Å². The average molecular weight is 338 g/mol. The van der Waals surface area contributed by atoms with Crippen LogP contribution in [-0.2, 0) is 11.3 Å². The van der Waals surface area contributed by atoms with Crippen LogP contribution in [0, 0.1) is 0 Å². The molecule has 0 bridgehead atoms. The Balaban J connectivity index is 2.50. The lowest BCUT2D eigenvalue weighted by Gasteiger charge is -2.17. The smallest absolute Gasteiger partial charge is 0.282 e. The third-order valence-electron chi connectivity index (χ3n) is 3.44. The van der Waals surface area contributed by atoms with E-state index in [2.05, 4.69) is 15.3 Å². The van der Waals surface area contributed by atoms with Gasteiger partial charge in [-0.1, -0.05) is 13.8 Å². The van der Waals surface area contributed by atoms with Gasteiger partial charge in [0, 0.05) is 6.54 Å². The van der Waals surface area contributed by atoms with Crippen molar-refractivity contribution in [3.05, 3.63) is 17.5 Å². The molecule has 0 radical (unpaired) electrons. The molecule has 0 aliphatic carbocycles. The molecule has 0 spiro atoms. The zero-order valence-corrected chi connectivity index (χ0v) is 13.2. The lowest BCUT2D eigenvalue weighted by atomic mass is 10.3. The predicted octanol–water partition coefficient (Wildman–Crippen LogP) is 2.61. The Labute approximate surface area is 132 Å². The fraction of sp³-hybridized carbons (Fsp3) is 0.714. The molecule has 0 unspecified atom stereocenters. The molecule has 1 aromatic rings. The summed E-state index contributed by atoms with van der Waals surface area (Å²) in [5.74, 6) is -0.532. The third kappa shape index (κ3) is 6.17. The normalized spacial score (nSPS) is 11.7. The first kappa shape index (κ1) is 19.4. The van der Waals surface area contributed by atoms with Crippen LogP contribution in [0.2, 0.25) is 0 Å². The van der Waals surface area contributed by atoms with Gasteiger partial charge in [0.1, 0.15) is 17.9 Å². The molecule has 0 atom stereocenters. The highest BCUT2D eigenvalue weighted by molar-refractivity contribution is 5.75. The van der Waals surface area contributed by atoms with Crippen LogP contribution in [0.15, 0.2) is 6.07 Å². The fourth-order valence-corrected chi connectivity index (χ4v) is 2.12. The quantitative estimate of drug-likeness (QED) is 0.527. The molecule has 0 saturated carbocycles. The second-order valence-corrected chi connectivity index (χ2v) is 4.98. The predicted molar refractivity (Wildman–Crippen MR) is 77.6 cm³/mol. The molecule has 132 valence electrons. The lowest BCUT2D eigenvalue weighted by Crippen LogP contribution is -2.32. The number of hydrogen-bond acceptors (Lipinski definition) is 3. The van der Waals surface area contributed by atoms with Crippen LogP contribution in [0.3, 0.4) is 0 Å². The zero-order chi connectivity index (χ0) is 17.4. The second kappa shape index (κ2) is 9.49. The Morgan fingerprint density at radius 3 is 2.43 bits per heavy atom. The van der Waals surface area contributed by atoms with Crippen molar-refractivity contribution in [3.63, 3.8) is 0 Å². The van der Waals surface area contributed by atoms with Crippen LogP contribution in [0.5, 0.6) is 0 Å². The van der Waals surface area contributed by atoms with Gasteiger partial charge < -0.3 is 10.2 Å². The number of nitrogens with zero attached hydrogens (tertiary/aromatic N) is 3. The van der Waals surface area contributed by atoms with E-state index in [9.17, 15) is 22.4 Å². The largest absolute Gasteiger partial charge is 0.354 e. The van der Waals surface area contributed by atoms with Crippen LogP contribution in [0.4, 0.5) is 17.6 Å². The molecule has 1 heterocycles. The number of hydrogen-bond donors (Lipinski definition) is 1. The van der Waals surface area contributed by atoms with Gasteiger partial charge in [-0.15, -0.1) is 0 Å². The molecule has 0 aliphatic heterocycles. The molecule has 1 aromatic heterocycles. The molecule has 1 N–H and O–H groups in total. The maximum Gasteiger partial charge on any atom is 0.282 e. The maximum absolute atomic E-state index is 12.8. The number of alkyl halides is 4. The van der Waals surface area contributed by atoms with Crippen LogP contribution < -0.4 is 5.32 Å². The molecular weight excluding hydrogens is 316 g/mol. The maximum atomic E-state index is 12.8. The number of amides is 1. The summed E-state index contributed by atoms with van der Waals surface area (Å²) >= 11 is 0. The van der Waals surface area contributed by atoms with E-state index in [0.717, 1.165) is 26.1 Å². The highest BCUT2D eigenvalue weighted by atomic mass is 19.3. The molecule has 0 fully saturated rings. The van der Waals surface area contributed by atoms with Crippen molar-refractivity contribution in [2.45, 2.75) is 39.7 Å². The molecule has 0 aliphatic rings. The standard InChI is InChI=1S/C14H22F4N4O/c1-3-21(4-2)7-5-6-19-12(23)9-22-11(14(17)18)8-10(20-22)13(15)16/h8,13-14H,3-7,9H2,1-2H3,(H,19,23).